The number of carbonyl (C=O) groups is 1. The van der Waals surface area contributed by atoms with Crippen LogP contribution in [-0.2, 0) is 11.2 Å². The number of hydrogen-bond acceptors (Lipinski definition) is 4. The van der Waals surface area contributed by atoms with E-state index in [9.17, 15) is 14.9 Å². The molecule has 8 heteroatoms. The van der Waals surface area contributed by atoms with E-state index in [0.29, 0.717) is 11.0 Å². The predicted octanol–water partition coefficient (Wildman–Crippen LogP) is 2.81. The van der Waals surface area contributed by atoms with E-state index >= 15 is 0 Å². The number of nitrogens with one attached hydrogen (secondary N) is 1. The highest BCUT2D eigenvalue weighted by atomic mass is 35.5. The summed E-state index contributed by atoms with van der Waals surface area (Å²) < 4.78 is 0. The Morgan fingerprint density at radius 2 is 2.04 bits per heavy atom. The van der Waals surface area contributed by atoms with Crippen molar-refractivity contribution in [2.24, 2.45) is 5.41 Å². The summed E-state index contributed by atoms with van der Waals surface area (Å²) in [6.45, 7) is 3.70. The molecule has 0 unspecified atom stereocenters. The Morgan fingerprint density at radius 3 is 2.58 bits per heavy atom. The van der Waals surface area contributed by atoms with Crippen LogP contribution in [-0.4, -0.2) is 41.9 Å². The van der Waals surface area contributed by atoms with Crippen molar-refractivity contribution < 1.29 is 9.72 Å². The number of nitro benzene ring substituents is 1. The third-order valence-corrected chi connectivity index (χ3v) is 5.45. The predicted molar refractivity (Wildman–Crippen MR) is 94.8 cm³/mol. The molecule has 0 atom stereocenters. The molecule has 6 nitrogen and oxygen atoms in total. The maximum atomic E-state index is 12.5. The second kappa shape index (κ2) is 7.68. The quantitative estimate of drug-likeness (QED) is 0.652. The number of nitrogens with zero attached hydrogens (tertiary/aromatic N) is 2. The SMILES string of the molecule is Cl.O=C(Cc1ccc([N+](=O)[O-])cc1Cl)N1CCC2(CCNC2)CC1. The molecule has 0 aromatic heterocycles. The van der Waals surface area contributed by atoms with Gasteiger partial charge in [0.05, 0.1) is 16.4 Å². The monoisotopic (exact) mass is 373 g/mol. The number of likely N-dealkylation sites (tertiary alicyclic amines) is 1. The first kappa shape index (κ1) is 19.0. The Balaban J connectivity index is 0.00000208. The van der Waals surface area contributed by atoms with Gasteiger partial charge in [-0.1, -0.05) is 17.7 Å². The Kier molecular flexibility index (Phi) is 6.06. The highest BCUT2D eigenvalue weighted by Gasteiger charge is 2.37. The molecule has 1 spiro atoms. The van der Waals surface area contributed by atoms with Crippen LogP contribution in [0.1, 0.15) is 24.8 Å². The van der Waals surface area contributed by atoms with Gasteiger partial charge in [0.15, 0.2) is 0 Å². The molecule has 0 radical (unpaired) electrons. The molecule has 2 heterocycles. The van der Waals surface area contributed by atoms with Gasteiger partial charge in [0, 0.05) is 31.8 Å². The summed E-state index contributed by atoms with van der Waals surface area (Å²) in [6, 6.07) is 4.27. The lowest BCUT2D eigenvalue weighted by molar-refractivity contribution is -0.384. The molecule has 0 aliphatic carbocycles. The van der Waals surface area contributed by atoms with Gasteiger partial charge in [0.1, 0.15) is 0 Å². The number of rotatable bonds is 3. The van der Waals surface area contributed by atoms with Crippen molar-refractivity contribution in [3.63, 3.8) is 0 Å². The molecule has 24 heavy (non-hydrogen) atoms. The number of amides is 1. The Labute approximate surface area is 152 Å². The van der Waals surface area contributed by atoms with E-state index in [0.717, 1.165) is 39.0 Å². The van der Waals surface area contributed by atoms with Crippen molar-refractivity contribution in [3.05, 3.63) is 38.9 Å². The minimum atomic E-state index is -0.489. The van der Waals surface area contributed by atoms with Crippen LogP contribution in [0.4, 0.5) is 5.69 Å². The summed E-state index contributed by atoms with van der Waals surface area (Å²) in [5.74, 6) is 0.0431. The van der Waals surface area contributed by atoms with Crippen LogP contribution >= 0.6 is 24.0 Å². The van der Waals surface area contributed by atoms with Gasteiger partial charge in [0.2, 0.25) is 5.91 Å². The minimum Gasteiger partial charge on any atom is -0.342 e. The van der Waals surface area contributed by atoms with Crippen molar-refractivity contribution in [2.75, 3.05) is 26.2 Å². The highest BCUT2D eigenvalue weighted by molar-refractivity contribution is 6.31. The van der Waals surface area contributed by atoms with E-state index in [1.165, 1.54) is 18.6 Å². The Bertz CT molecular complexity index is 623. The van der Waals surface area contributed by atoms with Gasteiger partial charge in [-0.3, -0.25) is 14.9 Å². The second-order valence-corrected chi connectivity index (χ2v) is 6.92. The molecule has 1 N–H and O–H groups in total. The minimum absolute atomic E-state index is 0. The fraction of sp³-hybridized carbons (Fsp3) is 0.562. The van der Waals surface area contributed by atoms with Crippen molar-refractivity contribution in [1.29, 1.82) is 0 Å². The molecular formula is C16H21Cl2N3O3. The van der Waals surface area contributed by atoms with E-state index < -0.39 is 4.92 Å². The number of piperidine rings is 1. The van der Waals surface area contributed by atoms with Crippen LogP contribution in [0.15, 0.2) is 18.2 Å². The van der Waals surface area contributed by atoms with Crippen LogP contribution < -0.4 is 5.32 Å². The largest absolute Gasteiger partial charge is 0.342 e. The number of hydrogen-bond donors (Lipinski definition) is 1. The van der Waals surface area contributed by atoms with Crippen LogP contribution in [0.2, 0.25) is 5.02 Å². The molecule has 1 amide bonds. The van der Waals surface area contributed by atoms with Crippen LogP contribution in [0.5, 0.6) is 0 Å². The molecule has 2 aliphatic heterocycles. The van der Waals surface area contributed by atoms with Crippen LogP contribution in [0.3, 0.4) is 0 Å². The van der Waals surface area contributed by atoms with E-state index in [4.69, 9.17) is 11.6 Å². The van der Waals surface area contributed by atoms with E-state index in [2.05, 4.69) is 5.32 Å². The summed E-state index contributed by atoms with van der Waals surface area (Å²) in [6.07, 6.45) is 3.48. The summed E-state index contributed by atoms with van der Waals surface area (Å²) in [5.41, 5.74) is 0.965. The van der Waals surface area contributed by atoms with Crippen molar-refractivity contribution in [2.45, 2.75) is 25.7 Å². The van der Waals surface area contributed by atoms with Crippen LogP contribution in [0.25, 0.3) is 0 Å². The first-order valence-corrected chi connectivity index (χ1v) is 8.28. The molecule has 3 rings (SSSR count). The van der Waals surface area contributed by atoms with Gasteiger partial charge < -0.3 is 10.2 Å². The van der Waals surface area contributed by atoms with Gasteiger partial charge in [-0.2, -0.15) is 0 Å². The lowest BCUT2D eigenvalue weighted by Gasteiger charge is -2.39. The standard InChI is InChI=1S/C16H20ClN3O3.ClH/c17-14-10-13(20(22)23)2-1-12(14)9-15(21)19-7-4-16(5-8-19)3-6-18-11-16;/h1-2,10,18H,3-9,11H2;1H. The van der Waals surface area contributed by atoms with E-state index in [1.807, 2.05) is 4.90 Å². The lowest BCUT2D eigenvalue weighted by atomic mass is 9.78. The smallest absolute Gasteiger partial charge is 0.270 e. The van der Waals surface area contributed by atoms with Crippen molar-refractivity contribution >= 4 is 35.6 Å². The first-order valence-electron chi connectivity index (χ1n) is 7.90. The summed E-state index contributed by atoms with van der Waals surface area (Å²) in [7, 11) is 0. The number of benzene rings is 1. The number of carbonyl (C=O) groups excluding carboxylic acids is 1. The zero-order valence-electron chi connectivity index (χ0n) is 13.3. The zero-order chi connectivity index (χ0) is 16.4. The molecule has 2 fully saturated rings. The van der Waals surface area contributed by atoms with Gasteiger partial charge in [-0.15, -0.1) is 12.4 Å². The molecule has 132 valence electrons. The Hall–Kier alpha value is -1.37. The fourth-order valence-corrected chi connectivity index (χ4v) is 3.76. The van der Waals surface area contributed by atoms with Gasteiger partial charge >= 0.3 is 0 Å². The maximum absolute atomic E-state index is 12.5. The summed E-state index contributed by atoms with van der Waals surface area (Å²) in [5, 5.41) is 14.4. The van der Waals surface area contributed by atoms with Crippen LogP contribution in [0, 0.1) is 15.5 Å². The first-order chi connectivity index (χ1) is 11.0. The lowest BCUT2D eigenvalue weighted by Crippen LogP contribution is -2.44. The molecule has 0 bridgehead atoms. The highest BCUT2D eigenvalue weighted by Crippen LogP contribution is 2.37. The van der Waals surface area contributed by atoms with Crippen molar-refractivity contribution in [1.82, 2.24) is 10.2 Å². The Morgan fingerprint density at radius 1 is 1.33 bits per heavy atom. The molecular weight excluding hydrogens is 353 g/mol. The average Bonchev–Trinajstić information content (AvgIpc) is 2.98. The zero-order valence-corrected chi connectivity index (χ0v) is 14.9. The number of nitro groups is 1. The second-order valence-electron chi connectivity index (χ2n) is 6.52. The van der Waals surface area contributed by atoms with Gasteiger partial charge in [-0.25, -0.2) is 0 Å². The number of non-ortho nitro benzene ring substituents is 1. The van der Waals surface area contributed by atoms with Gasteiger partial charge in [-0.05, 0) is 36.8 Å². The fourth-order valence-electron chi connectivity index (χ4n) is 3.52. The van der Waals surface area contributed by atoms with Crippen molar-refractivity contribution in [3.8, 4) is 0 Å². The third kappa shape index (κ3) is 3.99. The summed E-state index contributed by atoms with van der Waals surface area (Å²) in [4.78, 5) is 24.6. The molecule has 1 aromatic carbocycles. The normalized spacial score (nSPS) is 19.1. The maximum Gasteiger partial charge on any atom is 0.270 e. The molecule has 0 saturated carbocycles. The number of halogens is 2. The topological polar surface area (TPSA) is 75.5 Å². The third-order valence-electron chi connectivity index (χ3n) is 5.10. The van der Waals surface area contributed by atoms with Gasteiger partial charge in [0.25, 0.3) is 5.69 Å². The molecule has 2 aliphatic rings. The molecule has 2 saturated heterocycles. The van der Waals surface area contributed by atoms with E-state index in [1.54, 1.807) is 6.07 Å². The summed E-state index contributed by atoms with van der Waals surface area (Å²) >= 11 is 6.07. The average molecular weight is 374 g/mol. The molecule has 1 aromatic rings. The van der Waals surface area contributed by atoms with E-state index in [-0.39, 0.29) is 35.4 Å².